The van der Waals surface area contributed by atoms with Gasteiger partial charge in [0.15, 0.2) is 0 Å². The Bertz CT molecular complexity index is 794. The number of rotatable bonds is 9. The number of hydrogen-bond donors (Lipinski definition) is 0. The predicted molar refractivity (Wildman–Crippen MR) is 127 cm³/mol. The summed E-state index contributed by atoms with van der Waals surface area (Å²) in [6.45, 7) is 8.70. The van der Waals surface area contributed by atoms with E-state index in [1.54, 1.807) is 21.5 Å². The van der Waals surface area contributed by atoms with E-state index in [1.807, 2.05) is 58.0 Å². The molecule has 0 aromatic heterocycles. The molecule has 0 saturated carbocycles. The van der Waals surface area contributed by atoms with Crippen LogP contribution in [0.25, 0.3) is 0 Å². The number of esters is 2. The zero-order chi connectivity index (χ0) is 23.9. The molecule has 178 valence electrons. The van der Waals surface area contributed by atoms with Crippen molar-refractivity contribution in [3.05, 3.63) is 42.5 Å². The van der Waals surface area contributed by atoms with Gasteiger partial charge in [0.05, 0.1) is 14.2 Å². The van der Waals surface area contributed by atoms with Crippen molar-refractivity contribution in [3.8, 4) is 0 Å². The van der Waals surface area contributed by atoms with Gasteiger partial charge in [-0.1, -0.05) is 58.0 Å². The van der Waals surface area contributed by atoms with Crippen LogP contribution in [0.2, 0.25) is 0 Å². The molecule has 0 aliphatic carbocycles. The fourth-order valence-corrected chi connectivity index (χ4v) is 7.34. The molecule has 1 aliphatic rings. The van der Waals surface area contributed by atoms with E-state index < -0.39 is 31.5 Å². The van der Waals surface area contributed by atoms with Crippen molar-refractivity contribution in [1.82, 2.24) is 9.34 Å². The molecule has 1 aromatic carbocycles. The van der Waals surface area contributed by atoms with E-state index in [1.165, 1.54) is 14.2 Å². The minimum Gasteiger partial charge on any atom is -0.468 e. The smallest absolute Gasteiger partial charge is 0.323 e. The van der Waals surface area contributed by atoms with Crippen LogP contribution in [0.15, 0.2) is 42.5 Å². The molecular weight excluding hydrogens is 427 g/mol. The Balaban J connectivity index is 2.74. The lowest BCUT2D eigenvalue weighted by atomic mass is 10.0. The predicted octanol–water partition coefficient (Wildman–Crippen LogP) is 3.85. The molecule has 2 atom stereocenters. The van der Waals surface area contributed by atoms with Crippen LogP contribution in [0, 0.1) is 11.8 Å². The number of hydrogen-bond acceptors (Lipinski definition) is 5. The molecule has 0 radical (unpaired) electrons. The van der Waals surface area contributed by atoms with Gasteiger partial charge in [0.1, 0.15) is 12.1 Å². The summed E-state index contributed by atoms with van der Waals surface area (Å²) in [5.74, 6) is -0.501. The van der Waals surface area contributed by atoms with Crippen molar-refractivity contribution >= 4 is 24.7 Å². The van der Waals surface area contributed by atoms with Crippen molar-refractivity contribution in [2.24, 2.45) is 11.8 Å². The highest BCUT2D eigenvalue weighted by atomic mass is 31.2. The molecule has 8 heteroatoms. The lowest BCUT2D eigenvalue weighted by Gasteiger charge is -2.43. The van der Waals surface area contributed by atoms with E-state index in [2.05, 4.69) is 0 Å². The molecule has 32 heavy (non-hydrogen) atoms. The minimum atomic E-state index is -3.59. The van der Waals surface area contributed by atoms with Gasteiger partial charge in [-0.05, 0) is 36.8 Å². The highest BCUT2D eigenvalue weighted by molar-refractivity contribution is 7.67. The quantitative estimate of drug-likeness (QED) is 0.312. The molecule has 0 saturated heterocycles. The first-order valence-corrected chi connectivity index (χ1v) is 12.8. The number of nitrogens with zero attached hydrogens (tertiary/aromatic N) is 2. The van der Waals surface area contributed by atoms with Gasteiger partial charge < -0.3 is 9.47 Å². The van der Waals surface area contributed by atoms with Gasteiger partial charge in [-0.15, -0.1) is 0 Å². The lowest BCUT2D eigenvalue weighted by molar-refractivity contribution is -0.145. The fraction of sp³-hybridized carbons (Fsp3) is 0.583. The molecule has 2 unspecified atom stereocenters. The van der Waals surface area contributed by atoms with E-state index in [4.69, 9.17) is 9.47 Å². The first-order chi connectivity index (χ1) is 15.2. The summed E-state index contributed by atoms with van der Waals surface area (Å²) in [6.07, 6.45) is 4.79. The monoisotopic (exact) mass is 464 g/mol. The molecule has 1 aromatic rings. The van der Waals surface area contributed by atoms with Crippen LogP contribution < -0.4 is 5.30 Å². The van der Waals surface area contributed by atoms with Crippen LogP contribution in [-0.4, -0.2) is 60.7 Å². The van der Waals surface area contributed by atoms with E-state index >= 15 is 4.57 Å². The molecule has 0 fully saturated rings. The summed E-state index contributed by atoms with van der Waals surface area (Å²) >= 11 is 0. The normalized spacial score (nSPS) is 21.9. The Kier molecular flexibility index (Phi) is 9.68. The third-order valence-electron chi connectivity index (χ3n) is 5.60. The summed E-state index contributed by atoms with van der Waals surface area (Å²) in [7, 11) is -0.882. The zero-order valence-electron chi connectivity index (χ0n) is 20.1. The molecule has 7 nitrogen and oxygen atoms in total. The largest absolute Gasteiger partial charge is 0.468 e. The molecule has 0 N–H and O–H groups in total. The number of methoxy groups -OCH3 is 2. The van der Waals surface area contributed by atoms with Gasteiger partial charge in [0, 0.05) is 18.4 Å². The summed E-state index contributed by atoms with van der Waals surface area (Å²) < 4.78 is 28.9. The van der Waals surface area contributed by atoms with Gasteiger partial charge in [-0.3, -0.25) is 14.2 Å². The average Bonchev–Trinajstić information content (AvgIpc) is 2.94. The Labute approximate surface area is 192 Å². The van der Waals surface area contributed by atoms with Gasteiger partial charge in [-0.2, -0.15) is 0 Å². The second kappa shape index (κ2) is 11.8. The summed E-state index contributed by atoms with van der Waals surface area (Å²) in [4.78, 5) is 25.8. The maximum Gasteiger partial charge on any atom is 0.323 e. The second-order valence-electron chi connectivity index (χ2n) is 8.93. The number of benzene rings is 1. The SMILES string of the molecule is COC(=O)C(CC(C)C)N1CC=CCN(C(CC(C)C)C(=O)OC)P1(=O)c1ccccc1. The van der Waals surface area contributed by atoms with E-state index in [0.717, 1.165) is 0 Å². The van der Waals surface area contributed by atoms with E-state index in [0.29, 0.717) is 31.2 Å². The maximum absolute atomic E-state index is 15.2. The highest BCUT2D eigenvalue weighted by Gasteiger charge is 2.49. The highest BCUT2D eigenvalue weighted by Crippen LogP contribution is 2.56. The van der Waals surface area contributed by atoms with Crippen LogP contribution in [0.4, 0.5) is 0 Å². The van der Waals surface area contributed by atoms with Gasteiger partial charge in [-0.25, -0.2) is 9.34 Å². The van der Waals surface area contributed by atoms with Gasteiger partial charge in [0.2, 0.25) is 7.44 Å². The average molecular weight is 465 g/mol. The van der Waals surface area contributed by atoms with E-state index in [9.17, 15) is 9.59 Å². The van der Waals surface area contributed by atoms with Crippen molar-refractivity contribution in [1.29, 1.82) is 0 Å². The molecule has 0 amide bonds. The minimum absolute atomic E-state index is 0.177. The van der Waals surface area contributed by atoms with Crippen LogP contribution in [-0.2, 0) is 23.6 Å². The second-order valence-corrected chi connectivity index (χ2v) is 11.6. The molecule has 1 aliphatic heterocycles. The van der Waals surface area contributed by atoms with Crippen molar-refractivity contribution in [2.75, 3.05) is 27.3 Å². The Hall–Kier alpha value is -1.95. The van der Waals surface area contributed by atoms with Crippen LogP contribution in [0.5, 0.6) is 0 Å². The Morgan fingerprint density at radius 2 is 1.25 bits per heavy atom. The Morgan fingerprint density at radius 1 is 0.844 bits per heavy atom. The standard InChI is InChI=1S/C24H37N2O5P/c1-18(2)16-21(23(27)30-5)25-14-10-11-15-26(22(17-19(3)4)24(28)31-6)32(25,29)20-12-8-7-9-13-20/h7-13,18-19,21-22H,14-17H2,1-6H3. The summed E-state index contributed by atoms with van der Waals surface area (Å²) in [5.41, 5.74) is 0. The van der Waals surface area contributed by atoms with Gasteiger partial charge >= 0.3 is 11.9 Å². The topological polar surface area (TPSA) is 76.2 Å². The van der Waals surface area contributed by atoms with Crippen LogP contribution in [0.3, 0.4) is 0 Å². The first kappa shape index (κ1) is 26.3. The molecule has 1 heterocycles. The summed E-state index contributed by atoms with van der Waals surface area (Å²) in [5, 5.41) is 0.582. The molecular formula is C24H37N2O5P. The third-order valence-corrected chi connectivity index (χ3v) is 8.84. The Morgan fingerprint density at radius 3 is 1.59 bits per heavy atom. The van der Waals surface area contributed by atoms with Gasteiger partial charge in [0.25, 0.3) is 0 Å². The molecule has 0 bridgehead atoms. The zero-order valence-corrected chi connectivity index (χ0v) is 21.0. The summed E-state index contributed by atoms with van der Waals surface area (Å²) in [6, 6.07) is 7.70. The maximum atomic E-state index is 15.2. The number of carbonyl (C=O) groups excluding carboxylic acids is 2. The van der Waals surface area contributed by atoms with Crippen molar-refractivity contribution in [3.63, 3.8) is 0 Å². The number of carbonyl (C=O) groups is 2. The lowest BCUT2D eigenvalue weighted by Crippen LogP contribution is -2.50. The first-order valence-electron chi connectivity index (χ1n) is 11.2. The number of ether oxygens (including phenoxy) is 2. The van der Waals surface area contributed by atoms with Crippen molar-refractivity contribution in [2.45, 2.75) is 52.6 Å². The fourth-order valence-electron chi connectivity index (χ4n) is 4.13. The van der Waals surface area contributed by atoms with Crippen LogP contribution >= 0.6 is 7.44 Å². The van der Waals surface area contributed by atoms with Crippen LogP contribution in [0.1, 0.15) is 40.5 Å². The van der Waals surface area contributed by atoms with Crippen molar-refractivity contribution < 1.29 is 23.6 Å². The third kappa shape index (κ3) is 5.89. The molecule has 0 spiro atoms. The molecule has 2 rings (SSSR count). The van der Waals surface area contributed by atoms with E-state index in [-0.39, 0.29) is 11.8 Å².